The fourth-order valence-electron chi connectivity index (χ4n) is 2.67. The summed E-state index contributed by atoms with van der Waals surface area (Å²) >= 11 is 0. The Kier molecular flexibility index (Phi) is 6.01. The number of aryl methyl sites for hydroxylation is 1. The van der Waals surface area contributed by atoms with Gasteiger partial charge in [0.1, 0.15) is 16.4 Å². The summed E-state index contributed by atoms with van der Waals surface area (Å²) < 4.78 is 44.2. The van der Waals surface area contributed by atoms with E-state index in [9.17, 15) is 8.42 Å². The lowest BCUT2D eigenvalue weighted by Gasteiger charge is -2.12. The fourth-order valence-corrected chi connectivity index (χ4v) is 3.88. The van der Waals surface area contributed by atoms with Crippen molar-refractivity contribution in [1.29, 1.82) is 0 Å². The van der Waals surface area contributed by atoms with Crippen molar-refractivity contribution in [3.8, 4) is 22.8 Å². The van der Waals surface area contributed by atoms with Crippen molar-refractivity contribution >= 4 is 10.0 Å². The molecule has 0 aliphatic heterocycles. The Balaban J connectivity index is 1.83. The van der Waals surface area contributed by atoms with Gasteiger partial charge in [0.05, 0.1) is 19.4 Å². The summed E-state index contributed by atoms with van der Waals surface area (Å²) in [4.78, 5) is 0.0347. The minimum atomic E-state index is -3.81. The molecule has 0 saturated heterocycles. The van der Waals surface area contributed by atoms with Gasteiger partial charge in [0.2, 0.25) is 10.0 Å². The average Bonchev–Trinajstić information content (AvgIpc) is 3.13. The van der Waals surface area contributed by atoms with E-state index in [2.05, 4.69) is 9.88 Å². The highest BCUT2D eigenvalue weighted by atomic mass is 32.2. The van der Waals surface area contributed by atoms with E-state index in [0.717, 1.165) is 11.3 Å². The zero-order chi connectivity index (χ0) is 20.1. The monoisotopic (exact) mass is 402 g/mol. The number of sulfonamides is 1. The van der Waals surface area contributed by atoms with Crippen molar-refractivity contribution in [2.75, 3.05) is 13.7 Å². The van der Waals surface area contributed by atoms with E-state index in [0.29, 0.717) is 23.6 Å². The van der Waals surface area contributed by atoms with Crippen LogP contribution in [0.3, 0.4) is 0 Å². The molecule has 0 saturated carbocycles. The van der Waals surface area contributed by atoms with Gasteiger partial charge in [-0.2, -0.15) is 0 Å². The van der Waals surface area contributed by atoms with Gasteiger partial charge < -0.3 is 14.0 Å². The zero-order valence-corrected chi connectivity index (χ0v) is 16.7. The molecule has 0 amide bonds. The summed E-state index contributed by atoms with van der Waals surface area (Å²) in [6.07, 6.45) is 0. The Bertz CT molecular complexity index is 1040. The summed E-state index contributed by atoms with van der Waals surface area (Å²) in [5.41, 5.74) is 2.12. The van der Waals surface area contributed by atoms with Gasteiger partial charge in [-0.25, -0.2) is 13.1 Å². The number of hydrogen-bond acceptors (Lipinski definition) is 6. The maximum absolute atomic E-state index is 12.9. The van der Waals surface area contributed by atoms with E-state index in [4.69, 9.17) is 14.0 Å². The summed E-state index contributed by atoms with van der Waals surface area (Å²) in [5.74, 6) is 1.48. The van der Waals surface area contributed by atoms with Crippen LogP contribution in [0.4, 0.5) is 0 Å². The highest BCUT2D eigenvalue weighted by molar-refractivity contribution is 7.89. The van der Waals surface area contributed by atoms with Crippen LogP contribution in [-0.4, -0.2) is 27.3 Å². The summed E-state index contributed by atoms with van der Waals surface area (Å²) in [6.45, 7) is 4.42. The molecule has 0 aliphatic carbocycles. The number of aromatic nitrogens is 1. The van der Waals surface area contributed by atoms with E-state index in [1.165, 1.54) is 13.2 Å². The summed E-state index contributed by atoms with van der Waals surface area (Å²) in [7, 11) is -2.38. The Morgan fingerprint density at radius 1 is 1.11 bits per heavy atom. The van der Waals surface area contributed by atoms with Gasteiger partial charge in [0, 0.05) is 18.2 Å². The number of hydrogen-bond donors (Lipinski definition) is 1. The second-order valence-electron chi connectivity index (χ2n) is 6.10. The molecule has 0 bridgehead atoms. The van der Waals surface area contributed by atoms with Crippen molar-refractivity contribution in [2.24, 2.45) is 0 Å². The smallest absolute Gasteiger partial charge is 0.244 e. The van der Waals surface area contributed by atoms with Crippen LogP contribution < -0.4 is 14.2 Å². The first kappa shape index (κ1) is 19.9. The first-order valence-electron chi connectivity index (χ1n) is 8.76. The molecular formula is C20H22N2O5S. The van der Waals surface area contributed by atoms with Crippen molar-refractivity contribution in [2.45, 2.75) is 25.3 Å². The van der Waals surface area contributed by atoms with Crippen LogP contribution in [0.25, 0.3) is 11.3 Å². The van der Waals surface area contributed by atoms with Gasteiger partial charge in [0.25, 0.3) is 0 Å². The van der Waals surface area contributed by atoms with Crippen molar-refractivity contribution in [1.82, 2.24) is 9.88 Å². The first-order valence-corrected chi connectivity index (χ1v) is 10.2. The molecular weight excluding hydrogens is 380 g/mol. The molecule has 3 aromatic rings. The average molecular weight is 402 g/mol. The molecule has 0 aliphatic rings. The van der Waals surface area contributed by atoms with Gasteiger partial charge >= 0.3 is 0 Å². The Labute approximate surface area is 164 Å². The number of rotatable bonds is 8. The first-order chi connectivity index (χ1) is 13.4. The Hall–Kier alpha value is -2.84. The molecule has 3 rings (SSSR count). The second kappa shape index (κ2) is 8.45. The van der Waals surface area contributed by atoms with Crippen LogP contribution in [0.2, 0.25) is 0 Å². The number of nitrogens with one attached hydrogen (secondary N) is 1. The highest BCUT2D eigenvalue weighted by Crippen LogP contribution is 2.30. The fraction of sp³-hybridized carbons (Fsp3) is 0.250. The second-order valence-corrected chi connectivity index (χ2v) is 7.84. The van der Waals surface area contributed by atoms with Crippen LogP contribution in [0.15, 0.2) is 57.9 Å². The van der Waals surface area contributed by atoms with Crippen LogP contribution >= 0.6 is 0 Å². The van der Waals surface area contributed by atoms with Crippen LogP contribution in [0, 0.1) is 6.92 Å². The Morgan fingerprint density at radius 3 is 2.46 bits per heavy atom. The molecule has 1 heterocycles. The highest BCUT2D eigenvalue weighted by Gasteiger charge is 2.21. The van der Waals surface area contributed by atoms with Gasteiger partial charge in [-0.05, 0) is 49.7 Å². The molecule has 2 aromatic carbocycles. The van der Waals surface area contributed by atoms with Crippen LogP contribution in [0.5, 0.6) is 11.5 Å². The number of ether oxygens (including phenoxy) is 2. The van der Waals surface area contributed by atoms with Crippen molar-refractivity contribution < 1.29 is 22.4 Å². The van der Waals surface area contributed by atoms with E-state index < -0.39 is 10.0 Å². The maximum Gasteiger partial charge on any atom is 0.244 e. The van der Waals surface area contributed by atoms with E-state index in [1.807, 2.05) is 19.1 Å². The maximum atomic E-state index is 12.9. The topological polar surface area (TPSA) is 90.7 Å². The Morgan fingerprint density at radius 2 is 1.86 bits per heavy atom. The molecule has 1 aromatic heterocycles. The summed E-state index contributed by atoms with van der Waals surface area (Å²) in [6, 6.07) is 13.8. The molecule has 0 unspecified atom stereocenters. The van der Waals surface area contributed by atoms with E-state index in [1.54, 1.807) is 37.3 Å². The molecule has 0 atom stereocenters. The summed E-state index contributed by atoms with van der Waals surface area (Å²) in [5, 5.41) is 3.84. The molecule has 148 valence electrons. The molecule has 7 nitrogen and oxygen atoms in total. The van der Waals surface area contributed by atoms with E-state index >= 15 is 0 Å². The van der Waals surface area contributed by atoms with Gasteiger partial charge in [-0.15, -0.1) is 0 Å². The van der Waals surface area contributed by atoms with Crippen LogP contribution in [0.1, 0.15) is 18.2 Å². The van der Waals surface area contributed by atoms with Crippen molar-refractivity contribution in [3.05, 3.63) is 59.8 Å². The third-order valence-corrected chi connectivity index (χ3v) is 5.49. The predicted molar refractivity (Wildman–Crippen MR) is 105 cm³/mol. The molecule has 0 fully saturated rings. The molecule has 0 spiro atoms. The number of benzene rings is 2. The molecule has 8 heteroatoms. The normalized spacial score (nSPS) is 11.4. The molecule has 0 radical (unpaired) electrons. The van der Waals surface area contributed by atoms with Gasteiger partial charge in [-0.1, -0.05) is 17.3 Å². The third kappa shape index (κ3) is 4.52. The van der Waals surface area contributed by atoms with Gasteiger partial charge in [-0.3, -0.25) is 0 Å². The molecule has 28 heavy (non-hydrogen) atoms. The van der Waals surface area contributed by atoms with E-state index in [-0.39, 0.29) is 17.2 Å². The number of nitrogens with zero attached hydrogens (tertiary/aromatic N) is 1. The minimum absolute atomic E-state index is 0.0347. The van der Waals surface area contributed by atoms with Crippen molar-refractivity contribution in [3.63, 3.8) is 0 Å². The van der Waals surface area contributed by atoms with Gasteiger partial charge in [0.15, 0.2) is 5.76 Å². The molecule has 1 N–H and O–H groups in total. The quantitative estimate of drug-likeness (QED) is 0.620. The lowest BCUT2D eigenvalue weighted by Crippen LogP contribution is -2.23. The number of methoxy groups -OCH3 is 1. The SMILES string of the molecule is CCOc1ccc(CNS(=O)(=O)c2cc(-c3cc(C)no3)ccc2OC)cc1. The standard InChI is InChI=1S/C20H22N2O5S/c1-4-26-17-8-5-15(6-9-17)13-21-28(23,24)20-12-16(7-10-18(20)25-3)19-11-14(2)22-27-19/h5-12,21H,4,13H2,1-3H3. The zero-order valence-electron chi connectivity index (χ0n) is 15.9. The lowest BCUT2D eigenvalue weighted by atomic mass is 10.1. The third-order valence-electron chi connectivity index (χ3n) is 4.07. The minimum Gasteiger partial charge on any atom is -0.495 e. The lowest BCUT2D eigenvalue weighted by molar-refractivity contribution is 0.340. The van der Waals surface area contributed by atoms with Crippen LogP contribution in [-0.2, 0) is 16.6 Å². The largest absolute Gasteiger partial charge is 0.495 e. The predicted octanol–water partition coefficient (Wildman–Crippen LogP) is 3.54.